The molecule has 2 bridgehead atoms. The fraction of sp³-hybridized carbons (Fsp3) is 0.524. The van der Waals surface area contributed by atoms with E-state index in [1.165, 1.54) is 29.5 Å². The van der Waals surface area contributed by atoms with Gasteiger partial charge in [0.2, 0.25) is 0 Å². The summed E-state index contributed by atoms with van der Waals surface area (Å²) in [5.74, 6) is 1.78. The number of furan rings is 1. The first-order valence-electron chi connectivity index (χ1n) is 9.54. The lowest BCUT2D eigenvalue weighted by atomic mass is 9.52. The number of hydrogen-bond acceptors (Lipinski definition) is 4. The van der Waals surface area contributed by atoms with Gasteiger partial charge in [-0.3, -0.25) is 4.90 Å². The monoisotopic (exact) mass is 373 g/mol. The van der Waals surface area contributed by atoms with E-state index in [-0.39, 0.29) is 23.9 Å². The van der Waals surface area contributed by atoms with Gasteiger partial charge in [0.25, 0.3) is 0 Å². The molecule has 0 amide bonds. The minimum atomic E-state index is 0. The Bertz CT molecular complexity index is 836. The summed E-state index contributed by atoms with van der Waals surface area (Å²) in [5.41, 5.74) is 4.16. The molecule has 2 fully saturated rings. The van der Waals surface area contributed by atoms with Crippen LogP contribution in [0.2, 0.25) is 0 Å². The molecule has 1 aromatic carbocycles. The van der Waals surface area contributed by atoms with Crippen molar-refractivity contribution in [1.29, 1.82) is 0 Å². The summed E-state index contributed by atoms with van der Waals surface area (Å²) in [7, 11) is 0. The lowest BCUT2D eigenvalue weighted by Gasteiger charge is -2.58. The maximum atomic E-state index is 10.4. The number of hydrogen-bond donors (Lipinski definition) is 1. The molecule has 1 aromatic heterocycles. The van der Waals surface area contributed by atoms with Gasteiger partial charge in [-0.15, -0.1) is 12.4 Å². The van der Waals surface area contributed by atoms with Gasteiger partial charge in [0.1, 0.15) is 6.10 Å². The van der Waals surface area contributed by atoms with Gasteiger partial charge in [-0.1, -0.05) is 6.07 Å². The van der Waals surface area contributed by atoms with Crippen LogP contribution in [0.5, 0.6) is 11.5 Å². The minimum absolute atomic E-state index is 0. The Balaban J connectivity index is 0.00000150. The number of likely N-dealkylation sites (tertiary alicyclic amines) is 1. The van der Waals surface area contributed by atoms with Crippen molar-refractivity contribution in [3.63, 3.8) is 0 Å². The van der Waals surface area contributed by atoms with Gasteiger partial charge < -0.3 is 14.3 Å². The maximum Gasteiger partial charge on any atom is 0.165 e. The highest BCUT2D eigenvalue weighted by Crippen LogP contribution is 2.63. The highest BCUT2D eigenvalue weighted by molar-refractivity contribution is 5.85. The fourth-order valence-corrected chi connectivity index (χ4v) is 6.41. The van der Waals surface area contributed by atoms with E-state index in [0.717, 1.165) is 38.1 Å². The lowest BCUT2D eigenvalue weighted by Crippen LogP contribution is -2.63. The van der Waals surface area contributed by atoms with E-state index >= 15 is 0 Å². The van der Waals surface area contributed by atoms with Crippen molar-refractivity contribution in [2.75, 3.05) is 6.54 Å². The van der Waals surface area contributed by atoms with E-state index in [1.807, 2.05) is 12.3 Å². The predicted octanol–water partition coefficient (Wildman–Crippen LogP) is 4.04. The number of phenolic OH excluding ortho intramolecular Hbond substituents is 1. The summed E-state index contributed by atoms with van der Waals surface area (Å²) < 4.78 is 11.7. The van der Waals surface area contributed by atoms with Crippen LogP contribution >= 0.6 is 12.4 Å². The highest BCUT2D eigenvalue weighted by Gasteiger charge is 2.63. The van der Waals surface area contributed by atoms with Crippen molar-refractivity contribution in [2.24, 2.45) is 5.92 Å². The number of rotatable bonds is 2. The SMILES string of the molecule is Cl.Oc1ccc2c3c1OC1CCCC4[C@H](C2)N(Cc2ccoc2)CC[C@@]314. The quantitative estimate of drug-likeness (QED) is 0.863. The van der Waals surface area contributed by atoms with Gasteiger partial charge in [-0.25, -0.2) is 0 Å². The van der Waals surface area contributed by atoms with Crippen LogP contribution in [0, 0.1) is 5.92 Å². The molecule has 1 spiro atoms. The number of piperidine rings is 1. The molecule has 0 radical (unpaired) electrons. The highest BCUT2D eigenvalue weighted by atomic mass is 35.5. The molecule has 4 atom stereocenters. The zero-order chi connectivity index (χ0) is 16.6. The van der Waals surface area contributed by atoms with Crippen LogP contribution in [0.25, 0.3) is 0 Å². The number of phenols is 1. The summed E-state index contributed by atoms with van der Waals surface area (Å²) in [5, 5.41) is 10.4. The van der Waals surface area contributed by atoms with Crippen LogP contribution < -0.4 is 4.74 Å². The van der Waals surface area contributed by atoms with Crippen LogP contribution in [-0.2, 0) is 18.4 Å². The van der Waals surface area contributed by atoms with Gasteiger partial charge in [0.05, 0.1) is 12.5 Å². The molecule has 2 aromatic rings. The standard InChI is InChI=1S/C21H23NO3.ClH/c23-17-5-4-14-10-16-15-2-1-3-18-21(15,19(14)20(17)25-18)7-8-22(16)11-13-6-9-24-12-13;/h4-6,9,12,15-16,18,23H,1-3,7-8,10-11H2;1H/t15?,16-,18?,21-;/m0./s1. The van der Waals surface area contributed by atoms with Gasteiger partial charge in [0.15, 0.2) is 11.5 Å². The molecule has 4 nitrogen and oxygen atoms in total. The minimum Gasteiger partial charge on any atom is -0.504 e. The predicted molar refractivity (Wildman–Crippen MR) is 100 cm³/mol. The topological polar surface area (TPSA) is 45.8 Å². The third-order valence-corrected chi connectivity index (χ3v) is 7.31. The number of ether oxygens (including phenoxy) is 1. The zero-order valence-electron chi connectivity index (χ0n) is 14.7. The van der Waals surface area contributed by atoms with Crippen molar-refractivity contribution < 1.29 is 14.3 Å². The van der Waals surface area contributed by atoms with E-state index in [0.29, 0.717) is 17.7 Å². The van der Waals surface area contributed by atoms with Crippen molar-refractivity contribution in [1.82, 2.24) is 4.90 Å². The lowest BCUT2D eigenvalue weighted by molar-refractivity contribution is -0.0547. The fourth-order valence-electron chi connectivity index (χ4n) is 6.41. The molecule has 1 saturated carbocycles. The average Bonchev–Trinajstić information content (AvgIpc) is 3.24. The van der Waals surface area contributed by atoms with Crippen LogP contribution in [0.4, 0.5) is 0 Å². The van der Waals surface area contributed by atoms with Crippen molar-refractivity contribution in [3.05, 3.63) is 47.4 Å². The molecule has 6 rings (SSSR count). The molecule has 2 aliphatic carbocycles. The Morgan fingerprint density at radius 2 is 2.15 bits per heavy atom. The van der Waals surface area contributed by atoms with Crippen molar-refractivity contribution >= 4 is 12.4 Å². The van der Waals surface area contributed by atoms with E-state index in [2.05, 4.69) is 17.0 Å². The Labute approximate surface area is 159 Å². The van der Waals surface area contributed by atoms with Gasteiger partial charge in [-0.2, -0.15) is 0 Å². The van der Waals surface area contributed by atoms with Crippen molar-refractivity contribution in [2.45, 2.75) is 56.2 Å². The van der Waals surface area contributed by atoms with Gasteiger partial charge in [-0.05, 0) is 62.3 Å². The number of halogens is 1. The smallest absolute Gasteiger partial charge is 0.165 e. The zero-order valence-corrected chi connectivity index (χ0v) is 15.5. The molecule has 1 N–H and O–H groups in total. The number of nitrogens with zero attached hydrogens (tertiary/aromatic N) is 1. The molecule has 138 valence electrons. The maximum absolute atomic E-state index is 10.4. The Hall–Kier alpha value is -1.65. The van der Waals surface area contributed by atoms with E-state index in [9.17, 15) is 5.11 Å². The van der Waals surface area contributed by atoms with Crippen LogP contribution in [-0.4, -0.2) is 28.7 Å². The van der Waals surface area contributed by atoms with Crippen LogP contribution in [0.3, 0.4) is 0 Å². The number of aromatic hydroxyl groups is 1. The second kappa shape index (κ2) is 5.67. The molecule has 3 heterocycles. The summed E-state index contributed by atoms with van der Waals surface area (Å²) in [6, 6.07) is 6.62. The normalized spacial score (nSPS) is 33.9. The Morgan fingerprint density at radius 1 is 1.23 bits per heavy atom. The molecular formula is C21H24ClNO3. The van der Waals surface area contributed by atoms with E-state index in [4.69, 9.17) is 9.15 Å². The summed E-state index contributed by atoms with van der Waals surface area (Å²) in [4.78, 5) is 2.66. The van der Waals surface area contributed by atoms with E-state index < -0.39 is 0 Å². The van der Waals surface area contributed by atoms with Crippen LogP contribution in [0.15, 0.2) is 35.1 Å². The molecule has 4 aliphatic rings. The second-order valence-corrected chi connectivity index (χ2v) is 8.26. The first-order valence-corrected chi connectivity index (χ1v) is 9.54. The molecule has 5 heteroatoms. The first kappa shape index (κ1) is 16.5. The molecule has 2 unspecified atom stereocenters. The third kappa shape index (κ3) is 1.95. The molecule has 26 heavy (non-hydrogen) atoms. The first-order chi connectivity index (χ1) is 12.3. The summed E-state index contributed by atoms with van der Waals surface area (Å²) in [6.07, 6.45) is 9.75. The van der Waals surface area contributed by atoms with Gasteiger partial charge in [0, 0.05) is 29.1 Å². The van der Waals surface area contributed by atoms with Crippen molar-refractivity contribution in [3.8, 4) is 11.5 Å². The molecule has 1 saturated heterocycles. The second-order valence-electron chi connectivity index (χ2n) is 8.26. The van der Waals surface area contributed by atoms with Crippen LogP contribution in [0.1, 0.15) is 42.4 Å². The largest absolute Gasteiger partial charge is 0.504 e. The third-order valence-electron chi connectivity index (χ3n) is 7.31. The molecule has 2 aliphatic heterocycles. The Morgan fingerprint density at radius 3 is 3.00 bits per heavy atom. The average molecular weight is 374 g/mol. The molecular weight excluding hydrogens is 350 g/mol. The summed E-state index contributed by atoms with van der Waals surface area (Å²) in [6.45, 7) is 2.07. The number of benzene rings is 1. The van der Waals surface area contributed by atoms with E-state index in [1.54, 1.807) is 6.26 Å². The Kier molecular flexibility index (Phi) is 3.60. The summed E-state index contributed by atoms with van der Waals surface area (Å²) >= 11 is 0. The van der Waals surface area contributed by atoms with Gasteiger partial charge >= 0.3 is 0 Å².